The molecular weight excluding hydrogens is 312 g/mol. The van der Waals surface area contributed by atoms with Crippen molar-refractivity contribution in [2.24, 2.45) is 0 Å². The van der Waals surface area contributed by atoms with Gasteiger partial charge in [-0.3, -0.25) is 4.90 Å². The molecule has 0 aliphatic heterocycles. The Morgan fingerprint density at radius 3 is 2.50 bits per heavy atom. The van der Waals surface area contributed by atoms with Crippen molar-refractivity contribution in [1.29, 1.82) is 0 Å². The quantitative estimate of drug-likeness (QED) is 0.779. The normalized spacial score (nSPS) is 13.3. The molecule has 0 heterocycles. The van der Waals surface area contributed by atoms with Gasteiger partial charge in [0, 0.05) is 28.6 Å². The predicted octanol–water partition coefficient (Wildman–Crippen LogP) is 3.87. The molecule has 1 unspecified atom stereocenters. The number of hydrogen-bond acceptors (Lipinski definition) is 2. The van der Waals surface area contributed by atoms with Gasteiger partial charge in [-0.15, -0.1) is 0 Å². The van der Waals surface area contributed by atoms with Crippen LogP contribution in [0.25, 0.3) is 0 Å². The summed E-state index contributed by atoms with van der Waals surface area (Å²) in [4.78, 5) is 4.66. The zero-order valence-corrected chi connectivity index (χ0v) is 13.9. The number of hydrogen-bond donors (Lipinski definition) is 0. The van der Waals surface area contributed by atoms with Gasteiger partial charge in [-0.25, -0.2) is 0 Å². The van der Waals surface area contributed by atoms with Crippen LogP contribution >= 0.6 is 27.5 Å². The topological polar surface area (TPSA) is 6.48 Å². The van der Waals surface area contributed by atoms with Gasteiger partial charge in [0.05, 0.1) is 0 Å². The van der Waals surface area contributed by atoms with E-state index in [9.17, 15) is 0 Å². The summed E-state index contributed by atoms with van der Waals surface area (Å²) < 4.78 is 1.03. The Kier molecular flexibility index (Phi) is 6.64. The van der Waals surface area contributed by atoms with Crippen LogP contribution in [0.2, 0.25) is 5.02 Å². The summed E-state index contributed by atoms with van der Waals surface area (Å²) in [5.41, 5.74) is 1.19. The summed E-state index contributed by atoms with van der Waals surface area (Å²) in [5, 5.41) is 0.833. The predicted molar refractivity (Wildman–Crippen MR) is 83.3 cm³/mol. The summed E-state index contributed by atoms with van der Waals surface area (Å²) >= 11 is 9.71. The highest BCUT2D eigenvalue weighted by Crippen LogP contribution is 2.23. The molecule has 1 aromatic rings. The van der Waals surface area contributed by atoms with Crippen LogP contribution in [0.15, 0.2) is 22.7 Å². The first-order chi connectivity index (χ1) is 8.43. The van der Waals surface area contributed by atoms with Crippen molar-refractivity contribution in [2.75, 3.05) is 27.2 Å². The lowest BCUT2D eigenvalue weighted by molar-refractivity contribution is 0.174. The second-order valence-corrected chi connectivity index (χ2v) is 6.23. The van der Waals surface area contributed by atoms with E-state index in [-0.39, 0.29) is 0 Å². The fraction of sp³-hybridized carbons (Fsp3) is 0.571. The lowest BCUT2D eigenvalue weighted by Gasteiger charge is -2.30. The molecule has 0 aliphatic carbocycles. The van der Waals surface area contributed by atoms with Crippen LogP contribution in [0.3, 0.4) is 0 Å². The molecule has 18 heavy (non-hydrogen) atoms. The summed E-state index contributed by atoms with van der Waals surface area (Å²) in [5.74, 6) is 0. The molecule has 0 saturated heterocycles. The molecule has 0 radical (unpaired) electrons. The molecule has 0 bridgehead atoms. The van der Waals surface area contributed by atoms with Crippen molar-refractivity contribution in [1.82, 2.24) is 9.80 Å². The second-order valence-electron chi connectivity index (χ2n) is 4.91. The Morgan fingerprint density at radius 1 is 1.33 bits per heavy atom. The SMILES string of the molecule is CCN(Cc1ccc(Br)cc1Cl)C(C)CN(C)C. The maximum atomic E-state index is 6.27. The third-order valence-electron chi connectivity index (χ3n) is 3.05. The van der Waals surface area contributed by atoms with Gasteiger partial charge in [0.1, 0.15) is 0 Å². The number of benzene rings is 1. The van der Waals surface area contributed by atoms with Gasteiger partial charge < -0.3 is 4.90 Å². The molecule has 0 aromatic heterocycles. The molecule has 0 fully saturated rings. The largest absolute Gasteiger partial charge is 0.308 e. The van der Waals surface area contributed by atoms with Crippen LogP contribution in [0.1, 0.15) is 19.4 Å². The third-order valence-corrected chi connectivity index (χ3v) is 3.89. The maximum absolute atomic E-state index is 6.27. The zero-order valence-electron chi connectivity index (χ0n) is 11.6. The van der Waals surface area contributed by atoms with Gasteiger partial charge in [0.25, 0.3) is 0 Å². The molecule has 0 amide bonds. The van der Waals surface area contributed by atoms with Crippen LogP contribution in [0, 0.1) is 0 Å². The minimum absolute atomic E-state index is 0.518. The summed E-state index contributed by atoms with van der Waals surface area (Å²) in [7, 11) is 4.22. The van der Waals surface area contributed by atoms with Gasteiger partial charge in [0.15, 0.2) is 0 Å². The van der Waals surface area contributed by atoms with E-state index in [1.807, 2.05) is 12.1 Å². The fourth-order valence-corrected chi connectivity index (χ4v) is 2.83. The van der Waals surface area contributed by atoms with E-state index in [1.165, 1.54) is 5.56 Å². The van der Waals surface area contributed by atoms with Crippen molar-refractivity contribution in [3.8, 4) is 0 Å². The lowest BCUT2D eigenvalue weighted by Crippen LogP contribution is -2.39. The van der Waals surface area contributed by atoms with E-state index in [0.717, 1.165) is 29.1 Å². The molecule has 1 aromatic carbocycles. The van der Waals surface area contributed by atoms with E-state index >= 15 is 0 Å². The number of likely N-dealkylation sites (N-methyl/N-ethyl adjacent to an activating group) is 2. The van der Waals surface area contributed by atoms with Gasteiger partial charge in [-0.1, -0.05) is 40.5 Å². The summed E-state index contributed by atoms with van der Waals surface area (Å²) in [6.07, 6.45) is 0. The van der Waals surface area contributed by atoms with Crippen molar-refractivity contribution in [2.45, 2.75) is 26.4 Å². The smallest absolute Gasteiger partial charge is 0.0462 e. The molecule has 102 valence electrons. The van der Waals surface area contributed by atoms with Gasteiger partial charge >= 0.3 is 0 Å². The molecular formula is C14H22BrClN2. The van der Waals surface area contributed by atoms with Crippen molar-refractivity contribution >= 4 is 27.5 Å². The molecule has 0 spiro atoms. The number of rotatable bonds is 6. The minimum Gasteiger partial charge on any atom is -0.308 e. The van der Waals surface area contributed by atoms with E-state index in [1.54, 1.807) is 0 Å². The van der Waals surface area contributed by atoms with Crippen LogP contribution in [0.5, 0.6) is 0 Å². The maximum Gasteiger partial charge on any atom is 0.0462 e. The Bertz CT molecular complexity index is 382. The first-order valence-corrected chi connectivity index (χ1v) is 7.43. The zero-order chi connectivity index (χ0) is 13.7. The standard InChI is InChI=1S/C14H22BrClN2/c1-5-18(11(2)9-17(3)4)10-12-6-7-13(15)8-14(12)16/h6-8,11H,5,9-10H2,1-4H3. The molecule has 1 rings (SSSR count). The summed E-state index contributed by atoms with van der Waals surface area (Å²) in [6, 6.07) is 6.62. The second kappa shape index (κ2) is 7.49. The van der Waals surface area contributed by atoms with Gasteiger partial charge in [-0.05, 0) is 45.3 Å². The van der Waals surface area contributed by atoms with E-state index in [0.29, 0.717) is 6.04 Å². The van der Waals surface area contributed by atoms with E-state index < -0.39 is 0 Å². The number of halogens is 2. The fourth-order valence-electron chi connectivity index (χ4n) is 2.09. The monoisotopic (exact) mass is 332 g/mol. The van der Waals surface area contributed by atoms with Crippen molar-refractivity contribution in [3.63, 3.8) is 0 Å². The Morgan fingerprint density at radius 2 is 2.00 bits per heavy atom. The van der Waals surface area contributed by atoms with Crippen LogP contribution in [0.4, 0.5) is 0 Å². The van der Waals surface area contributed by atoms with Crippen LogP contribution in [-0.2, 0) is 6.54 Å². The van der Waals surface area contributed by atoms with Crippen molar-refractivity contribution in [3.05, 3.63) is 33.3 Å². The third kappa shape index (κ3) is 4.88. The molecule has 4 heteroatoms. The molecule has 2 nitrogen and oxygen atoms in total. The first kappa shape index (κ1) is 16.0. The van der Waals surface area contributed by atoms with Gasteiger partial charge in [-0.2, -0.15) is 0 Å². The lowest BCUT2D eigenvalue weighted by atomic mass is 10.1. The summed E-state index contributed by atoms with van der Waals surface area (Å²) in [6.45, 7) is 7.44. The van der Waals surface area contributed by atoms with E-state index in [2.05, 4.69) is 59.7 Å². The highest BCUT2D eigenvalue weighted by Gasteiger charge is 2.14. The Labute approximate surface area is 124 Å². The minimum atomic E-state index is 0.518. The highest BCUT2D eigenvalue weighted by atomic mass is 79.9. The molecule has 0 N–H and O–H groups in total. The molecule has 0 saturated carbocycles. The van der Waals surface area contributed by atoms with E-state index in [4.69, 9.17) is 11.6 Å². The molecule has 0 aliphatic rings. The Hall–Kier alpha value is -0.0900. The highest BCUT2D eigenvalue weighted by molar-refractivity contribution is 9.10. The average molecular weight is 334 g/mol. The Balaban J connectivity index is 2.73. The molecule has 1 atom stereocenters. The number of nitrogens with zero attached hydrogens (tertiary/aromatic N) is 2. The average Bonchev–Trinajstić information content (AvgIpc) is 2.27. The van der Waals surface area contributed by atoms with Gasteiger partial charge in [0.2, 0.25) is 0 Å². The van der Waals surface area contributed by atoms with Crippen molar-refractivity contribution < 1.29 is 0 Å². The van der Waals surface area contributed by atoms with Crippen LogP contribution in [-0.4, -0.2) is 43.0 Å². The first-order valence-electron chi connectivity index (χ1n) is 6.26. The van der Waals surface area contributed by atoms with Crippen LogP contribution < -0.4 is 0 Å².